The highest BCUT2D eigenvalue weighted by Gasteiger charge is 2.28. The van der Waals surface area contributed by atoms with E-state index in [1.54, 1.807) is 18.2 Å². The van der Waals surface area contributed by atoms with E-state index in [0.29, 0.717) is 23.2 Å². The Morgan fingerprint density at radius 1 is 0.889 bits per heavy atom. The minimum atomic E-state index is -0.0718. The molecule has 2 atom stereocenters. The summed E-state index contributed by atoms with van der Waals surface area (Å²) in [5, 5.41) is 2.60. The second-order valence-corrected chi connectivity index (χ2v) is 7.75. The van der Waals surface area contributed by atoms with E-state index in [4.69, 9.17) is 0 Å². The number of piperidine rings is 2. The maximum absolute atomic E-state index is 13.1. The van der Waals surface area contributed by atoms with E-state index in [-0.39, 0.29) is 23.9 Å². The number of benzene rings is 1. The molecule has 3 amide bonds. The lowest BCUT2D eigenvalue weighted by atomic mass is 9.99. The van der Waals surface area contributed by atoms with Gasteiger partial charge in [-0.15, -0.1) is 0 Å². The highest BCUT2D eigenvalue weighted by molar-refractivity contribution is 6.02. The third kappa shape index (κ3) is 4.31. The Labute approximate surface area is 160 Å². The van der Waals surface area contributed by atoms with Crippen LogP contribution in [0.25, 0.3) is 0 Å². The highest BCUT2D eigenvalue weighted by atomic mass is 16.2. The van der Waals surface area contributed by atoms with Gasteiger partial charge >= 0.3 is 0 Å². The molecule has 2 saturated heterocycles. The summed E-state index contributed by atoms with van der Waals surface area (Å²) in [6.07, 6.45) is 6.83. The fraction of sp³-hybridized carbons (Fsp3) is 0.571. The molecular formula is C21H29N3O3. The van der Waals surface area contributed by atoms with Crippen molar-refractivity contribution in [2.45, 2.75) is 64.5 Å². The Morgan fingerprint density at radius 2 is 1.37 bits per heavy atom. The molecule has 2 fully saturated rings. The highest BCUT2D eigenvalue weighted by Crippen LogP contribution is 2.24. The maximum atomic E-state index is 13.1. The third-order valence-corrected chi connectivity index (χ3v) is 5.78. The summed E-state index contributed by atoms with van der Waals surface area (Å²) in [5.41, 5.74) is 1.40. The molecule has 2 aliphatic heterocycles. The first-order chi connectivity index (χ1) is 13.0. The van der Waals surface area contributed by atoms with Crippen LogP contribution in [0.15, 0.2) is 18.2 Å². The summed E-state index contributed by atoms with van der Waals surface area (Å²) in [6.45, 7) is 5.59. The van der Waals surface area contributed by atoms with Gasteiger partial charge in [-0.1, -0.05) is 0 Å². The SMILES string of the molecule is CC1CCCCN1C(=O)c1cc(NC=O)cc(C(=O)N2CCCCC2C)c1. The van der Waals surface area contributed by atoms with Crippen molar-refractivity contribution >= 4 is 23.9 Å². The summed E-state index contributed by atoms with van der Waals surface area (Å²) < 4.78 is 0. The molecule has 1 aromatic rings. The Kier molecular flexibility index (Phi) is 6.14. The number of rotatable bonds is 4. The summed E-state index contributed by atoms with van der Waals surface area (Å²) >= 11 is 0. The van der Waals surface area contributed by atoms with Gasteiger partial charge in [-0.05, 0) is 70.6 Å². The van der Waals surface area contributed by atoms with Crippen molar-refractivity contribution in [1.29, 1.82) is 0 Å². The lowest BCUT2D eigenvalue weighted by Crippen LogP contribution is -2.43. The van der Waals surface area contributed by atoms with Crippen LogP contribution in [0.2, 0.25) is 0 Å². The van der Waals surface area contributed by atoms with Gasteiger partial charge in [-0.3, -0.25) is 14.4 Å². The standard InChI is InChI=1S/C21H29N3O3/c1-15-7-3-5-9-23(15)20(26)17-11-18(13-19(12-17)22-14-25)21(27)24-10-6-4-8-16(24)2/h11-16H,3-10H2,1-2H3,(H,22,25). The van der Waals surface area contributed by atoms with Gasteiger partial charge in [0.05, 0.1) is 0 Å². The number of carbonyl (C=O) groups is 3. The predicted octanol–water partition coefficient (Wildman–Crippen LogP) is 3.28. The van der Waals surface area contributed by atoms with Crippen LogP contribution in [-0.4, -0.2) is 53.2 Å². The van der Waals surface area contributed by atoms with E-state index in [1.807, 2.05) is 9.80 Å². The van der Waals surface area contributed by atoms with Crippen molar-refractivity contribution in [3.63, 3.8) is 0 Å². The molecule has 1 N–H and O–H groups in total. The fourth-order valence-corrected chi connectivity index (χ4v) is 4.16. The summed E-state index contributed by atoms with van der Waals surface area (Å²) in [6, 6.07) is 5.39. The average Bonchev–Trinajstić information content (AvgIpc) is 2.68. The lowest BCUT2D eigenvalue weighted by Gasteiger charge is -2.34. The van der Waals surface area contributed by atoms with Gasteiger partial charge in [0, 0.05) is 42.0 Å². The van der Waals surface area contributed by atoms with E-state index in [1.165, 1.54) is 0 Å². The maximum Gasteiger partial charge on any atom is 0.254 e. The van der Waals surface area contributed by atoms with E-state index < -0.39 is 0 Å². The molecule has 0 saturated carbocycles. The molecule has 2 aliphatic rings. The molecular weight excluding hydrogens is 342 g/mol. The quantitative estimate of drug-likeness (QED) is 0.826. The number of amides is 3. The first kappa shape index (κ1) is 19.4. The molecule has 146 valence electrons. The predicted molar refractivity (Wildman–Crippen MR) is 105 cm³/mol. The molecule has 2 heterocycles. The monoisotopic (exact) mass is 371 g/mol. The molecule has 0 bridgehead atoms. The second kappa shape index (κ2) is 8.55. The zero-order valence-electron chi connectivity index (χ0n) is 16.2. The van der Waals surface area contributed by atoms with Gasteiger partial charge in [0.2, 0.25) is 6.41 Å². The third-order valence-electron chi connectivity index (χ3n) is 5.78. The molecule has 27 heavy (non-hydrogen) atoms. The zero-order chi connectivity index (χ0) is 19.4. The Balaban J connectivity index is 1.91. The van der Waals surface area contributed by atoms with Crippen LogP contribution < -0.4 is 5.32 Å². The Morgan fingerprint density at radius 3 is 1.78 bits per heavy atom. The number of anilines is 1. The van der Waals surface area contributed by atoms with Crippen molar-refractivity contribution in [2.75, 3.05) is 18.4 Å². The molecule has 0 radical (unpaired) electrons. The first-order valence-corrected chi connectivity index (χ1v) is 9.98. The minimum Gasteiger partial charge on any atom is -0.336 e. The number of likely N-dealkylation sites (tertiary alicyclic amines) is 2. The molecule has 0 aliphatic carbocycles. The van der Waals surface area contributed by atoms with Crippen LogP contribution in [0.4, 0.5) is 5.69 Å². The number of nitrogens with one attached hydrogen (secondary N) is 1. The summed E-state index contributed by atoms with van der Waals surface area (Å²) in [7, 11) is 0. The van der Waals surface area contributed by atoms with Crippen LogP contribution in [0, 0.1) is 0 Å². The first-order valence-electron chi connectivity index (χ1n) is 9.98. The van der Waals surface area contributed by atoms with Crippen molar-refractivity contribution in [3.8, 4) is 0 Å². The zero-order valence-corrected chi connectivity index (χ0v) is 16.2. The van der Waals surface area contributed by atoms with Gasteiger partial charge < -0.3 is 15.1 Å². The van der Waals surface area contributed by atoms with Crippen LogP contribution in [0.1, 0.15) is 73.1 Å². The average molecular weight is 371 g/mol. The molecule has 6 heteroatoms. The van der Waals surface area contributed by atoms with Crippen LogP contribution in [-0.2, 0) is 4.79 Å². The van der Waals surface area contributed by atoms with Crippen molar-refractivity contribution in [2.24, 2.45) is 0 Å². The van der Waals surface area contributed by atoms with Crippen LogP contribution >= 0.6 is 0 Å². The second-order valence-electron chi connectivity index (χ2n) is 7.75. The number of nitrogens with zero attached hydrogens (tertiary/aromatic N) is 2. The number of hydrogen-bond donors (Lipinski definition) is 1. The number of carbonyl (C=O) groups excluding carboxylic acids is 3. The Bertz CT molecular complexity index is 666. The normalized spacial score (nSPS) is 23.0. The van der Waals surface area contributed by atoms with E-state index in [9.17, 15) is 14.4 Å². The molecule has 6 nitrogen and oxygen atoms in total. The molecule has 1 aromatic carbocycles. The van der Waals surface area contributed by atoms with Gasteiger partial charge in [0.25, 0.3) is 11.8 Å². The van der Waals surface area contributed by atoms with Gasteiger partial charge in [-0.25, -0.2) is 0 Å². The molecule has 0 spiro atoms. The van der Waals surface area contributed by atoms with Crippen molar-refractivity contribution in [1.82, 2.24) is 9.80 Å². The van der Waals surface area contributed by atoms with Gasteiger partial charge in [0.1, 0.15) is 0 Å². The van der Waals surface area contributed by atoms with Gasteiger partial charge in [-0.2, -0.15) is 0 Å². The fourth-order valence-electron chi connectivity index (χ4n) is 4.16. The van der Waals surface area contributed by atoms with E-state index in [2.05, 4.69) is 19.2 Å². The smallest absolute Gasteiger partial charge is 0.254 e. The Hall–Kier alpha value is -2.37. The molecule has 2 unspecified atom stereocenters. The van der Waals surface area contributed by atoms with E-state index >= 15 is 0 Å². The lowest BCUT2D eigenvalue weighted by molar-refractivity contribution is -0.105. The van der Waals surface area contributed by atoms with Gasteiger partial charge in [0.15, 0.2) is 0 Å². The number of hydrogen-bond acceptors (Lipinski definition) is 3. The van der Waals surface area contributed by atoms with Crippen molar-refractivity contribution in [3.05, 3.63) is 29.3 Å². The largest absolute Gasteiger partial charge is 0.336 e. The minimum absolute atomic E-state index is 0.0718. The van der Waals surface area contributed by atoms with Crippen molar-refractivity contribution < 1.29 is 14.4 Å². The van der Waals surface area contributed by atoms with Crippen LogP contribution in [0.3, 0.4) is 0 Å². The van der Waals surface area contributed by atoms with E-state index in [0.717, 1.165) is 51.6 Å². The summed E-state index contributed by atoms with van der Waals surface area (Å²) in [5.74, 6) is -0.144. The topological polar surface area (TPSA) is 69.7 Å². The molecule has 3 rings (SSSR count). The van der Waals surface area contributed by atoms with Crippen LogP contribution in [0.5, 0.6) is 0 Å². The molecule has 0 aromatic heterocycles. The summed E-state index contributed by atoms with van der Waals surface area (Å²) in [4.78, 5) is 40.8.